The van der Waals surface area contributed by atoms with Crippen molar-refractivity contribution < 1.29 is 16.8 Å². The van der Waals surface area contributed by atoms with Gasteiger partial charge in [0.05, 0.1) is 16.8 Å². The van der Waals surface area contributed by atoms with Gasteiger partial charge < -0.3 is 0 Å². The molecule has 0 spiro atoms. The Bertz CT molecular complexity index is 982. The predicted molar refractivity (Wildman–Crippen MR) is 104 cm³/mol. The summed E-state index contributed by atoms with van der Waals surface area (Å²) in [4.78, 5) is 0.207. The molecule has 8 heteroatoms. The first-order valence-electron chi connectivity index (χ1n) is 8.12. The summed E-state index contributed by atoms with van der Waals surface area (Å²) in [6.07, 6.45) is 1.10. The number of aryl methyl sites for hydroxylation is 3. The molecule has 0 saturated heterocycles. The molecule has 0 amide bonds. The number of benzene rings is 2. The Morgan fingerprint density at radius 3 is 2.04 bits per heavy atom. The second kappa shape index (κ2) is 7.77. The van der Waals surface area contributed by atoms with Crippen LogP contribution in [0.1, 0.15) is 16.7 Å². The number of nitrogens with one attached hydrogen (secondary N) is 1. The minimum atomic E-state index is -3.72. The van der Waals surface area contributed by atoms with Gasteiger partial charge in [-0.05, 0) is 50.1 Å². The van der Waals surface area contributed by atoms with Crippen LogP contribution in [-0.4, -0.2) is 36.2 Å². The van der Waals surface area contributed by atoms with Crippen LogP contribution in [0, 0.1) is 20.8 Å². The lowest BCUT2D eigenvalue weighted by molar-refractivity contribution is 0.577. The molecule has 0 aromatic heterocycles. The number of hydrogen-bond donors (Lipinski definition) is 1. The summed E-state index contributed by atoms with van der Waals surface area (Å²) < 4.78 is 52.9. The van der Waals surface area contributed by atoms with E-state index < -0.39 is 20.0 Å². The van der Waals surface area contributed by atoms with Crippen LogP contribution in [0.25, 0.3) is 0 Å². The first-order chi connectivity index (χ1) is 12.0. The van der Waals surface area contributed by atoms with E-state index in [0.717, 1.165) is 17.4 Å². The Hall–Kier alpha value is -1.90. The Labute approximate surface area is 156 Å². The smallest absolute Gasteiger partial charge is 0.240 e. The lowest BCUT2D eigenvalue weighted by Crippen LogP contribution is -2.38. The van der Waals surface area contributed by atoms with Crippen LogP contribution in [0.3, 0.4) is 0 Å². The molecule has 0 bridgehead atoms. The maximum Gasteiger partial charge on any atom is 0.240 e. The van der Waals surface area contributed by atoms with Gasteiger partial charge in [-0.15, -0.1) is 0 Å². The Morgan fingerprint density at radius 1 is 0.885 bits per heavy atom. The van der Waals surface area contributed by atoms with Crippen LogP contribution in [0.5, 0.6) is 0 Å². The SMILES string of the molecule is Cc1ccc(N(CCNS(=O)(=O)c2cc(C)ccc2C)S(C)(=O)=O)cc1. The largest absolute Gasteiger partial charge is 0.269 e. The van der Waals surface area contributed by atoms with Crippen LogP contribution in [0.15, 0.2) is 47.4 Å². The molecule has 6 nitrogen and oxygen atoms in total. The minimum Gasteiger partial charge on any atom is -0.269 e. The third-order valence-electron chi connectivity index (χ3n) is 3.96. The third kappa shape index (κ3) is 5.06. The van der Waals surface area contributed by atoms with Gasteiger partial charge in [-0.3, -0.25) is 4.31 Å². The average molecular weight is 397 g/mol. The predicted octanol–water partition coefficient (Wildman–Crippen LogP) is 2.36. The molecule has 0 heterocycles. The van der Waals surface area contributed by atoms with Gasteiger partial charge in [0.2, 0.25) is 20.0 Å². The molecule has 0 aliphatic rings. The minimum absolute atomic E-state index is 0.00594. The van der Waals surface area contributed by atoms with Crippen molar-refractivity contribution in [1.29, 1.82) is 0 Å². The van der Waals surface area contributed by atoms with E-state index in [2.05, 4.69) is 4.72 Å². The molecule has 0 atom stereocenters. The summed E-state index contributed by atoms with van der Waals surface area (Å²) in [6, 6.07) is 12.2. The molecule has 0 unspecified atom stereocenters. The molecule has 142 valence electrons. The maximum atomic E-state index is 12.5. The van der Waals surface area contributed by atoms with Crippen molar-refractivity contribution in [2.75, 3.05) is 23.7 Å². The molecule has 2 aromatic carbocycles. The number of sulfonamides is 2. The molecule has 0 aliphatic heterocycles. The molecule has 0 aliphatic carbocycles. The Balaban J connectivity index is 2.17. The van der Waals surface area contributed by atoms with E-state index >= 15 is 0 Å². The van der Waals surface area contributed by atoms with Gasteiger partial charge in [0, 0.05) is 13.1 Å². The van der Waals surface area contributed by atoms with Crippen molar-refractivity contribution in [3.05, 3.63) is 59.2 Å². The molecular formula is C18H24N2O4S2. The fraction of sp³-hybridized carbons (Fsp3) is 0.333. The summed E-state index contributed by atoms with van der Waals surface area (Å²) in [5.41, 5.74) is 3.00. The molecule has 1 N–H and O–H groups in total. The van der Waals surface area contributed by atoms with Crippen molar-refractivity contribution in [1.82, 2.24) is 4.72 Å². The zero-order chi connectivity index (χ0) is 19.5. The van der Waals surface area contributed by atoms with E-state index in [9.17, 15) is 16.8 Å². The molecule has 0 saturated carbocycles. The van der Waals surface area contributed by atoms with Gasteiger partial charge in [-0.1, -0.05) is 29.8 Å². The van der Waals surface area contributed by atoms with Gasteiger partial charge in [0.25, 0.3) is 0 Å². The molecule has 2 rings (SSSR count). The topological polar surface area (TPSA) is 83.6 Å². The number of nitrogens with zero attached hydrogens (tertiary/aromatic N) is 1. The second-order valence-corrected chi connectivity index (χ2v) is 9.98. The lowest BCUT2D eigenvalue weighted by Gasteiger charge is -2.23. The van der Waals surface area contributed by atoms with Crippen LogP contribution in [-0.2, 0) is 20.0 Å². The van der Waals surface area contributed by atoms with Gasteiger partial charge in [-0.2, -0.15) is 0 Å². The summed E-state index contributed by atoms with van der Waals surface area (Å²) in [5, 5.41) is 0. The highest BCUT2D eigenvalue weighted by atomic mass is 32.2. The monoisotopic (exact) mass is 396 g/mol. The number of rotatable bonds is 7. The van der Waals surface area contributed by atoms with Crippen molar-refractivity contribution in [2.45, 2.75) is 25.7 Å². The van der Waals surface area contributed by atoms with E-state index in [1.54, 1.807) is 31.2 Å². The summed E-state index contributed by atoms with van der Waals surface area (Å²) in [5.74, 6) is 0. The van der Waals surface area contributed by atoms with E-state index in [0.29, 0.717) is 11.3 Å². The van der Waals surface area contributed by atoms with Gasteiger partial charge in [0.1, 0.15) is 0 Å². The van der Waals surface area contributed by atoms with Crippen LogP contribution >= 0.6 is 0 Å². The van der Waals surface area contributed by atoms with Gasteiger partial charge in [-0.25, -0.2) is 21.6 Å². The Kier molecular flexibility index (Phi) is 6.10. The van der Waals surface area contributed by atoms with Crippen molar-refractivity contribution in [3.63, 3.8) is 0 Å². The van der Waals surface area contributed by atoms with Crippen LogP contribution in [0.4, 0.5) is 5.69 Å². The maximum absolute atomic E-state index is 12.5. The number of anilines is 1. The van der Waals surface area contributed by atoms with Crippen LogP contribution < -0.4 is 9.03 Å². The van der Waals surface area contributed by atoms with E-state index in [1.165, 1.54) is 4.31 Å². The normalized spacial score (nSPS) is 12.2. The highest BCUT2D eigenvalue weighted by Crippen LogP contribution is 2.19. The summed E-state index contributed by atoms with van der Waals surface area (Å²) in [7, 11) is -7.24. The highest BCUT2D eigenvalue weighted by molar-refractivity contribution is 7.92. The quantitative estimate of drug-likeness (QED) is 0.779. The zero-order valence-corrected chi connectivity index (χ0v) is 17.0. The average Bonchev–Trinajstić information content (AvgIpc) is 2.54. The van der Waals surface area contributed by atoms with Crippen molar-refractivity contribution in [3.8, 4) is 0 Å². The van der Waals surface area contributed by atoms with Crippen molar-refractivity contribution >= 4 is 25.7 Å². The van der Waals surface area contributed by atoms with Gasteiger partial charge >= 0.3 is 0 Å². The fourth-order valence-corrected chi connectivity index (χ4v) is 4.83. The first-order valence-corrected chi connectivity index (χ1v) is 11.5. The molecular weight excluding hydrogens is 372 g/mol. The molecule has 0 radical (unpaired) electrons. The second-order valence-electron chi connectivity index (χ2n) is 6.34. The third-order valence-corrected chi connectivity index (χ3v) is 6.76. The zero-order valence-electron chi connectivity index (χ0n) is 15.4. The highest BCUT2D eigenvalue weighted by Gasteiger charge is 2.20. The van der Waals surface area contributed by atoms with Gasteiger partial charge in [0.15, 0.2) is 0 Å². The lowest BCUT2D eigenvalue weighted by atomic mass is 10.2. The fourth-order valence-electron chi connectivity index (χ4n) is 2.55. The molecule has 2 aromatic rings. The van der Waals surface area contributed by atoms with E-state index in [4.69, 9.17) is 0 Å². The summed E-state index contributed by atoms with van der Waals surface area (Å²) in [6.45, 7) is 5.43. The Morgan fingerprint density at radius 2 is 1.46 bits per heavy atom. The first kappa shape index (κ1) is 20.4. The summed E-state index contributed by atoms with van der Waals surface area (Å²) >= 11 is 0. The van der Waals surface area contributed by atoms with Crippen molar-refractivity contribution in [2.24, 2.45) is 0 Å². The van der Waals surface area contributed by atoms with Crippen LogP contribution in [0.2, 0.25) is 0 Å². The molecule has 0 fully saturated rings. The standard InChI is InChI=1S/C18H24N2O4S2/c1-14-6-9-17(10-7-14)20(25(4,21)22)12-11-19-26(23,24)18-13-15(2)5-8-16(18)3/h5-10,13,19H,11-12H2,1-4H3. The van der Waals surface area contributed by atoms with E-state index in [1.807, 2.05) is 32.0 Å². The number of hydrogen-bond acceptors (Lipinski definition) is 4. The molecule has 26 heavy (non-hydrogen) atoms. The van der Waals surface area contributed by atoms with E-state index in [-0.39, 0.29) is 18.0 Å².